The van der Waals surface area contributed by atoms with Gasteiger partial charge >= 0.3 is 5.97 Å². The van der Waals surface area contributed by atoms with E-state index in [1.807, 2.05) is 49.4 Å². The number of fused-ring (bicyclic) bond motifs is 1. The molecule has 0 spiro atoms. The summed E-state index contributed by atoms with van der Waals surface area (Å²) in [6.07, 6.45) is 0. The first-order chi connectivity index (χ1) is 13.9. The number of amides is 1. The molecule has 0 aromatic heterocycles. The highest BCUT2D eigenvalue weighted by Crippen LogP contribution is 2.24. The van der Waals surface area contributed by atoms with Crippen LogP contribution in [0.2, 0.25) is 5.02 Å². The van der Waals surface area contributed by atoms with E-state index < -0.39 is 23.4 Å². The molecule has 3 rings (SSSR count). The van der Waals surface area contributed by atoms with Crippen molar-refractivity contribution in [2.75, 3.05) is 6.61 Å². The smallest absolute Gasteiger partial charge is 0.340 e. The summed E-state index contributed by atoms with van der Waals surface area (Å²) >= 11 is 5.91. The number of carbonyl (C=O) groups excluding carboxylic acids is 2. The van der Waals surface area contributed by atoms with Crippen molar-refractivity contribution in [3.8, 4) is 0 Å². The molecule has 3 aromatic rings. The van der Waals surface area contributed by atoms with E-state index in [2.05, 4.69) is 5.32 Å². The van der Waals surface area contributed by atoms with E-state index in [0.29, 0.717) is 0 Å². The number of nitro groups is 1. The van der Waals surface area contributed by atoms with E-state index in [1.54, 1.807) is 0 Å². The molecule has 0 aliphatic rings. The van der Waals surface area contributed by atoms with Crippen LogP contribution >= 0.6 is 11.6 Å². The van der Waals surface area contributed by atoms with Gasteiger partial charge in [-0.05, 0) is 29.3 Å². The van der Waals surface area contributed by atoms with Gasteiger partial charge in [0.15, 0.2) is 6.61 Å². The summed E-state index contributed by atoms with van der Waals surface area (Å²) in [5.74, 6) is -1.41. The van der Waals surface area contributed by atoms with Crippen molar-refractivity contribution in [3.63, 3.8) is 0 Å². The molecule has 0 heterocycles. The Labute approximate surface area is 171 Å². The first kappa shape index (κ1) is 20.3. The van der Waals surface area contributed by atoms with Gasteiger partial charge in [0.2, 0.25) is 0 Å². The van der Waals surface area contributed by atoms with Crippen LogP contribution in [0.15, 0.2) is 60.7 Å². The summed E-state index contributed by atoms with van der Waals surface area (Å²) in [6.45, 7) is 1.30. The number of hydrogen-bond acceptors (Lipinski definition) is 5. The zero-order chi connectivity index (χ0) is 21.0. The maximum atomic E-state index is 12.2. The third kappa shape index (κ3) is 4.70. The van der Waals surface area contributed by atoms with E-state index in [0.717, 1.165) is 22.4 Å². The molecule has 0 saturated heterocycles. The summed E-state index contributed by atoms with van der Waals surface area (Å²) in [6, 6.07) is 16.7. The lowest BCUT2D eigenvalue weighted by molar-refractivity contribution is -0.384. The molecule has 0 aliphatic carbocycles. The Hall–Kier alpha value is -3.45. The van der Waals surface area contributed by atoms with Crippen molar-refractivity contribution in [2.45, 2.75) is 13.0 Å². The van der Waals surface area contributed by atoms with Crippen LogP contribution in [0.5, 0.6) is 0 Å². The Morgan fingerprint density at radius 3 is 2.62 bits per heavy atom. The number of hydrogen-bond donors (Lipinski definition) is 1. The van der Waals surface area contributed by atoms with Gasteiger partial charge in [-0.15, -0.1) is 0 Å². The lowest BCUT2D eigenvalue weighted by Crippen LogP contribution is -2.31. The third-order valence-corrected chi connectivity index (χ3v) is 4.71. The topological polar surface area (TPSA) is 98.5 Å². The van der Waals surface area contributed by atoms with E-state index in [-0.39, 0.29) is 22.3 Å². The fourth-order valence-corrected chi connectivity index (χ4v) is 3.18. The lowest BCUT2D eigenvalue weighted by Gasteiger charge is -2.16. The van der Waals surface area contributed by atoms with Crippen LogP contribution in [0.4, 0.5) is 5.69 Å². The highest BCUT2D eigenvalue weighted by Gasteiger charge is 2.19. The van der Waals surface area contributed by atoms with Crippen LogP contribution in [-0.4, -0.2) is 23.4 Å². The molecule has 0 aliphatic heterocycles. The Kier molecular flexibility index (Phi) is 6.09. The van der Waals surface area contributed by atoms with Crippen LogP contribution in [0.3, 0.4) is 0 Å². The van der Waals surface area contributed by atoms with Crippen LogP contribution in [-0.2, 0) is 9.53 Å². The van der Waals surface area contributed by atoms with Gasteiger partial charge in [0.05, 0.1) is 21.6 Å². The van der Waals surface area contributed by atoms with Gasteiger partial charge in [-0.1, -0.05) is 54.1 Å². The highest BCUT2D eigenvalue weighted by atomic mass is 35.5. The zero-order valence-corrected chi connectivity index (χ0v) is 16.2. The molecule has 0 unspecified atom stereocenters. The largest absolute Gasteiger partial charge is 0.452 e. The van der Waals surface area contributed by atoms with E-state index in [9.17, 15) is 19.7 Å². The van der Waals surface area contributed by atoms with Crippen LogP contribution in [0.1, 0.15) is 28.9 Å². The SMILES string of the molecule is C[C@@H](NC(=O)COC(=O)c1cc([N+](=O)[O-])ccc1Cl)c1cccc2ccccc12. The predicted octanol–water partition coefficient (Wildman–Crippen LogP) is 4.44. The highest BCUT2D eigenvalue weighted by molar-refractivity contribution is 6.33. The molecule has 1 amide bonds. The minimum atomic E-state index is -0.910. The lowest BCUT2D eigenvalue weighted by atomic mass is 10.00. The molecule has 8 heteroatoms. The number of carbonyl (C=O) groups is 2. The standard InChI is InChI=1S/C21H17ClN2O5/c1-13(16-8-4-6-14-5-2-3-7-17(14)16)23-20(25)12-29-21(26)18-11-15(24(27)28)9-10-19(18)22/h2-11,13H,12H2,1H3,(H,23,25)/t13-/m1/s1. The average Bonchev–Trinajstić information content (AvgIpc) is 2.71. The second-order valence-corrected chi connectivity index (χ2v) is 6.76. The van der Waals surface area contributed by atoms with E-state index >= 15 is 0 Å². The van der Waals surface area contributed by atoms with Gasteiger partial charge in [0.1, 0.15) is 0 Å². The molecule has 0 saturated carbocycles. The molecule has 0 radical (unpaired) electrons. The summed E-state index contributed by atoms with van der Waals surface area (Å²) in [5.41, 5.74) is 0.468. The Morgan fingerprint density at radius 2 is 1.86 bits per heavy atom. The number of non-ortho nitro benzene ring substituents is 1. The maximum Gasteiger partial charge on any atom is 0.340 e. The number of rotatable bonds is 6. The minimum absolute atomic E-state index is 0.00475. The van der Waals surface area contributed by atoms with Gasteiger partial charge in [-0.3, -0.25) is 14.9 Å². The quantitative estimate of drug-likeness (QED) is 0.366. The van der Waals surface area contributed by atoms with E-state index in [1.165, 1.54) is 12.1 Å². The summed E-state index contributed by atoms with van der Waals surface area (Å²) in [7, 11) is 0. The van der Waals surface area contributed by atoms with Crippen LogP contribution in [0, 0.1) is 10.1 Å². The molecule has 0 bridgehead atoms. The minimum Gasteiger partial charge on any atom is -0.452 e. The van der Waals surface area contributed by atoms with Gasteiger partial charge in [-0.2, -0.15) is 0 Å². The van der Waals surface area contributed by atoms with Crippen molar-refractivity contribution in [1.82, 2.24) is 5.32 Å². The summed E-state index contributed by atoms with van der Waals surface area (Å²) in [5, 5.41) is 15.7. The summed E-state index contributed by atoms with van der Waals surface area (Å²) in [4.78, 5) is 34.6. The molecule has 1 N–H and O–H groups in total. The van der Waals surface area contributed by atoms with Gasteiger partial charge in [0, 0.05) is 12.1 Å². The molecule has 0 fully saturated rings. The maximum absolute atomic E-state index is 12.2. The third-order valence-electron chi connectivity index (χ3n) is 4.38. The molecule has 148 valence electrons. The number of nitrogens with one attached hydrogen (secondary N) is 1. The van der Waals surface area contributed by atoms with Crippen molar-refractivity contribution < 1.29 is 19.2 Å². The Balaban J connectivity index is 1.64. The first-order valence-electron chi connectivity index (χ1n) is 8.75. The van der Waals surface area contributed by atoms with Crippen LogP contribution < -0.4 is 5.32 Å². The average molecular weight is 413 g/mol. The summed E-state index contributed by atoms with van der Waals surface area (Å²) < 4.78 is 4.97. The van der Waals surface area contributed by atoms with Crippen molar-refractivity contribution in [3.05, 3.63) is 86.9 Å². The molecular weight excluding hydrogens is 396 g/mol. The number of nitro benzene ring substituents is 1. The second kappa shape index (κ2) is 8.70. The molecule has 1 atom stereocenters. The van der Waals surface area contributed by atoms with E-state index in [4.69, 9.17) is 16.3 Å². The zero-order valence-electron chi connectivity index (χ0n) is 15.4. The van der Waals surface area contributed by atoms with Gasteiger partial charge in [-0.25, -0.2) is 4.79 Å². The fourth-order valence-electron chi connectivity index (χ4n) is 2.98. The monoisotopic (exact) mass is 412 g/mol. The molecule has 29 heavy (non-hydrogen) atoms. The number of halogens is 1. The van der Waals surface area contributed by atoms with Gasteiger partial charge in [0.25, 0.3) is 11.6 Å². The van der Waals surface area contributed by atoms with Crippen molar-refractivity contribution >= 4 is 39.9 Å². The number of ether oxygens (including phenoxy) is 1. The van der Waals surface area contributed by atoms with Crippen molar-refractivity contribution in [1.29, 1.82) is 0 Å². The van der Waals surface area contributed by atoms with Crippen LogP contribution in [0.25, 0.3) is 10.8 Å². The number of esters is 1. The first-order valence-corrected chi connectivity index (χ1v) is 9.12. The Bertz CT molecular complexity index is 1090. The second-order valence-electron chi connectivity index (χ2n) is 6.35. The fraction of sp³-hybridized carbons (Fsp3) is 0.143. The predicted molar refractivity (Wildman–Crippen MR) is 109 cm³/mol. The molecular formula is C21H17ClN2O5. The number of nitrogens with zero attached hydrogens (tertiary/aromatic N) is 1. The number of benzene rings is 3. The molecule has 7 nitrogen and oxygen atoms in total. The molecule has 3 aromatic carbocycles. The normalized spacial score (nSPS) is 11.7. The van der Waals surface area contributed by atoms with Gasteiger partial charge < -0.3 is 10.1 Å². The Morgan fingerprint density at radius 1 is 1.14 bits per heavy atom. The van der Waals surface area contributed by atoms with Crippen molar-refractivity contribution in [2.24, 2.45) is 0 Å².